The lowest BCUT2D eigenvalue weighted by Crippen LogP contribution is -2.45. The van der Waals surface area contributed by atoms with Gasteiger partial charge in [0, 0.05) is 61.5 Å². The lowest BCUT2D eigenvalue weighted by Gasteiger charge is -2.34. The molecule has 1 aliphatic heterocycles. The highest BCUT2D eigenvalue weighted by Crippen LogP contribution is 2.36. The van der Waals surface area contributed by atoms with Gasteiger partial charge < -0.3 is 16.0 Å². The summed E-state index contributed by atoms with van der Waals surface area (Å²) in [6.07, 6.45) is -1.32. The van der Waals surface area contributed by atoms with Gasteiger partial charge >= 0.3 is 6.18 Å². The Morgan fingerprint density at radius 3 is 2.55 bits per heavy atom. The number of likely N-dealkylation sites (N-methyl/N-ethyl adjacent to an activating group) is 1. The molecule has 0 aliphatic carbocycles. The van der Waals surface area contributed by atoms with Gasteiger partial charge in [-0.2, -0.15) is 13.2 Å². The zero-order valence-electron chi connectivity index (χ0n) is 24.4. The molecule has 0 bridgehead atoms. The molecule has 1 aliphatic rings. The maximum atomic E-state index is 14.2. The number of nitrogens with two attached hydrogens (primary N) is 1. The first kappa shape index (κ1) is 29.9. The summed E-state index contributed by atoms with van der Waals surface area (Å²) >= 11 is 1.30. The van der Waals surface area contributed by atoms with Crippen molar-refractivity contribution in [1.29, 1.82) is 0 Å². The molecule has 228 valence electrons. The van der Waals surface area contributed by atoms with Crippen molar-refractivity contribution >= 4 is 49.7 Å². The molecular formula is C32H32F3N7OS. The predicted octanol–water partition coefficient (Wildman–Crippen LogP) is 6.13. The normalized spacial score (nSPS) is 14.8. The molecule has 8 nitrogen and oxygen atoms in total. The lowest BCUT2D eigenvalue weighted by atomic mass is 9.97. The molecule has 5 aromatic rings. The van der Waals surface area contributed by atoms with Gasteiger partial charge in [-0.15, -0.1) is 11.3 Å². The molecule has 1 amide bonds. The van der Waals surface area contributed by atoms with Crippen LogP contribution >= 0.6 is 11.3 Å². The lowest BCUT2D eigenvalue weighted by molar-refractivity contribution is -0.138. The Morgan fingerprint density at radius 1 is 1.02 bits per heavy atom. The van der Waals surface area contributed by atoms with Gasteiger partial charge in [-0.25, -0.2) is 9.97 Å². The number of nitrogens with zero attached hydrogens (tertiary/aromatic N) is 5. The summed E-state index contributed by atoms with van der Waals surface area (Å²) < 4.78 is 43.4. The summed E-state index contributed by atoms with van der Waals surface area (Å²) in [7, 11) is 0. The van der Waals surface area contributed by atoms with E-state index >= 15 is 0 Å². The van der Waals surface area contributed by atoms with Crippen molar-refractivity contribution in [2.24, 2.45) is 0 Å². The molecular weight excluding hydrogens is 587 g/mol. The highest BCUT2D eigenvalue weighted by molar-refractivity contribution is 7.18. The number of carbonyl (C=O) groups excluding carboxylic acids is 1. The van der Waals surface area contributed by atoms with Gasteiger partial charge in [-0.3, -0.25) is 14.7 Å². The summed E-state index contributed by atoms with van der Waals surface area (Å²) in [5, 5.41) is 6.22. The van der Waals surface area contributed by atoms with E-state index in [4.69, 9.17) is 5.73 Å². The van der Waals surface area contributed by atoms with Gasteiger partial charge in [0.15, 0.2) is 0 Å². The first-order valence-electron chi connectivity index (χ1n) is 14.4. The quantitative estimate of drug-likeness (QED) is 0.226. The summed E-state index contributed by atoms with van der Waals surface area (Å²) in [5.41, 5.74) is 9.07. The number of hydrogen-bond donors (Lipinski definition) is 2. The fourth-order valence-electron chi connectivity index (χ4n) is 5.78. The molecule has 3 N–H and O–H groups in total. The van der Waals surface area contributed by atoms with E-state index in [2.05, 4.69) is 37.0 Å². The molecule has 3 aromatic heterocycles. The van der Waals surface area contributed by atoms with Crippen LogP contribution in [-0.2, 0) is 19.1 Å². The van der Waals surface area contributed by atoms with E-state index in [-0.39, 0.29) is 24.4 Å². The topological polar surface area (TPSA) is 100 Å². The largest absolute Gasteiger partial charge is 0.416 e. The van der Waals surface area contributed by atoms with Crippen LogP contribution in [0.3, 0.4) is 0 Å². The fraction of sp³-hybridized carbons (Fsp3) is 0.312. The van der Waals surface area contributed by atoms with Crippen LogP contribution in [-0.4, -0.2) is 63.4 Å². The smallest absolute Gasteiger partial charge is 0.382 e. The molecule has 0 unspecified atom stereocenters. The summed E-state index contributed by atoms with van der Waals surface area (Å²) in [4.78, 5) is 30.5. The number of halogens is 3. The van der Waals surface area contributed by atoms with Crippen LogP contribution in [0.4, 0.5) is 24.7 Å². The monoisotopic (exact) mass is 619 g/mol. The molecule has 0 radical (unpaired) electrons. The number of aryl methyl sites for hydroxylation is 1. The van der Waals surface area contributed by atoms with Gasteiger partial charge in [-0.05, 0) is 42.3 Å². The third-order valence-corrected chi connectivity index (χ3v) is 9.25. The molecule has 1 fully saturated rings. The Balaban J connectivity index is 1.28. The zero-order chi connectivity index (χ0) is 31.0. The molecule has 0 atom stereocenters. The minimum absolute atomic E-state index is 0.206. The molecule has 1 saturated heterocycles. The second-order valence-corrected chi connectivity index (χ2v) is 11.9. The standard InChI is InChI=1S/C32H32F3N7OS/c1-3-41-10-12-42(13-11-41)16-21-6-5-20(14-25(21)32(33,34)35)15-26-22-7-4-19(2)27(23(22)8-9-37-26)40-31(43)24-17-44-29-28(24)38-18-39-30(29)36/h4-9,14,17-18H,3,10-13,15-16H2,1-2H3,(H,40,43)(H2,36,38,39). The van der Waals surface area contributed by atoms with Gasteiger partial charge in [-0.1, -0.05) is 31.2 Å². The summed E-state index contributed by atoms with van der Waals surface area (Å²) in [6, 6.07) is 10.2. The van der Waals surface area contributed by atoms with Crippen molar-refractivity contribution in [3.05, 3.63) is 87.8 Å². The van der Waals surface area contributed by atoms with E-state index in [0.717, 1.165) is 49.1 Å². The first-order valence-corrected chi connectivity index (χ1v) is 15.3. The highest BCUT2D eigenvalue weighted by atomic mass is 32.1. The number of aromatic nitrogens is 3. The van der Waals surface area contributed by atoms with Crippen molar-refractivity contribution in [2.75, 3.05) is 43.8 Å². The van der Waals surface area contributed by atoms with Gasteiger partial charge in [0.25, 0.3) is 5.91 Å². The fourth-order valence-corrected chi connectivity index (χ4v) is 6.68. The van der Waals surface area contributed by atoms with Crippen LogP contribution < -0.4 is 11.1 Å². The number of thiophene rings is 1. The molecule has 0 spiro atoms. The van der Waals surface area contributed by atoms with E-state index < -0.39 is 11.7 Å². The average molecular weight is 620 g/mol. The van der Waals surface area contributed by atoms with Crippen molar-refractivity contribution in [3.8, 4) is 0 Å². The number of nitrogens with one attached hydrogen (secondary N) is 1. The molecule has 44 heavy (non-hydrogen) atoms. The number of hydrogen-bond acceptors (Lipinski definition) is 8. The van der Waals surface area contributed by atoms with Crippen LogP contribution in [0.1, 0.15) is 45.2 Å². The molecule has 12 heteroatoms. The number of amides is 1. The third kappa shape index (κ3) is 5.97. The second-order valence-electron chi connectivity index (χ2n) is 11.0. The van der Waals surface area contributed by atoms with Crippen molar-refractivity contribution in [1.82, 2.24) is 24.8 Å². The first-order chi connectivity index (χ1) is 21.1. The number of alkyl halides is 3. The second kappa shape index (κ2) is 12.1. The maximum Gasteiger partial charge on any atom is 0.416 e. The van der Waals surface area contributed by atoms with Gasteiger partial charge in [0.1, 0.15) is 12.1 Å². The number of benzene rings is 2. The van der Waals surface area contributed by atoms with E-state index in [9.17, 15) is 18.0 Å². The Bertz CT molecular complexity index is 1850. The van der Waals surface area contributed by atoms with E-state index in [0.29, 0.717) is 38.5 Å². The number of nitrogen functional groups attached to an aromatic ring is 1. The molecule has 0 saturated carbocycles. The predicted molar refractivity (Wildman–Crippen MR) is 168 cm³/mol. The minimum Gasteiger partial charge on any atom is -0.382 e. The van der Waals surface area contributed by atoms with Gasteiger partial charge in [0.05, 0.1) is 32.7 Å². The number of anilines is 2. The Kier molecular flexibility index (Phi) is 8.23. The summed E-state index contributed by atoms with van der Waals surface area (Å²) in [5.74, 6) is -0.0301. The van der Waals surface area contributed by atoms with Crippen molar-refractivity contribution in [3.63, 3.8) is 0 Å². The average Bonchev–Trinajstić information content (AvgIpc) is 3.45. The number of rotatable bonds is 7. The molecule has 6 rings (SSSR count). The molecule has 2 aromatic carbocycles. The van der Waals surface area contributed by atoms with Crippen LogP contribution in [0, 0.1) is 6.92 Å². The Labute approximate surface area is 256 Å². The van der Waals surface area contributed by atoms with Gasteiger partial charge in [0.2, 0.25) is 0 Å². The summed E-state index contributed by atoms with van der Waals surface area (Å²) in [6.45, 7) is 8.40. The SMILES string of the molecule is CCN1CCN(Cc2ccc(Cc3nccc4c(NC(=O)c5csc6c(N)ncnc56)c(C)ccc34)cc2C(F)(F)F)CC1. The highest BCUT2D eigenvalue weighted by Gasteiger charge is 2.34. The number of fused-ring (bicyclic) bond motifs is 2. The van der Waals surface area contributed by atoms with E-state index in [1.807, 2.05) is 19.1 Å². The molecule has 4 heterocycles. The minimum atomic E-state index is -4.47. The number of carbonyl (C=O) groups is 1. The Hall–Kier alpha value is -4.13. The number of piperazine rings is 1. The van der Waals surface area contributed by atoms with E-state index in [1.165, 1.54) is 23.7 Å². The zero-order valence-corrected chi connectivity index (χ0v) is 25.2. The number of pyridine rings is 1. The third-order valence-electron chi connectivity index (χ3n) is 8.26. The van der Waals surface area contributed by atoms with Crippen LogP contribution in [0.2, 0.25) is 0 Å². The van der Waals surface area contributed by atoms with Crippen molar-refractivity contribution in [2.45, 2.75) is 33.0 Å². The maximum absolute atomic E-state index is 14.2. The van der Waals surface area contributed by atoms with Crippen LogP contribution in [0.15, 0.2) is 54.3 Å². The van der Waals surface area contributed by atoms with Crippen molar-refractivity contribution < 1.29 is 18.0 Å². The van der Waals surface area contributed by atoms with Crippen LogP contribution in [0.25, 0.3) is 21.0 Å². The Morgan fingerprint density at radius 2 is 1.80 bits per heavy atom. The van der Waals surface area contributed by atoms with Crippen LogP contribution in [0.5, 0.6) is 0 Å². The van der Waals surface area contributed by atoms with E-state index in [1.54, 1.807) is 29.8 Å².